The van der Waals surface area contributed by atoms with Crippen molar-refractivity contribution in [3.8, 4) is 0 Å². The molecule has 0 saturated carbocycles. The fraction of sp³-hybridized carbons (Fsp3) is 0.500. The number of nitrogen functional groups attached to an aromatic ring is 1. The van der Waals surface area contributed by atoms with Crippen LogP contribution in [0.25, 0.3) is 11.2 Å². The lowest BCUT2D eigenvalue weighted by molar-refractivity contribution is -0.184. The third-order valence-electron chi connectivity index (χ3n) is 5.04. The molecular weight excluding hydrogens is 374 g/mol. The number of Topliss-reactive ketones (excluding diaryl/α,β-unsaturated/α-hetero) is 3. The lowest BCUT2D eigenvalue weighted by Crippen LogP contribution is -2.67. The van der Waals surface area contributed by atoms with Gasteiger partial charge in [-0.15, -0.1) is 0 Å². The number of aromatic nitrogens is 4. The van der Waals surface area contributed by atoms with Gasteiger partial charge in [-0.25, -0.2) is 15.0 Å². The summed E-state index contributed by atoms with van der Waals surface area (Å²) in [5.41, 5.74) is 0.127. The molecule has 2 aromatic heterocycles. The zero-order chi connectivity index (χ0) is 21.0. The molecule has 0 aliphatic carbocycles. The number of ketones is 3. The van der Waals surface area contributed by atoms with Crippen LogP contribution in [-0.4, -0.2) is 75.6 Å². The average molecular weight is 393 g/mol. The Hall–Kier alpha value is -2.80. The second-order valence-electron chi connectivity index (χ2n) is 6.69. The van der Waals surface area contributed by atoms with Crippen molar-refractivity contribution >= 4 is 34.3 Å². The van der Waals surface area contributed by atoms with E-state index in [-0.39, 0.29) is 17.0 Å². The predicted molar refractivity (Wildman–Crippen MR) is 91.6 cm³/mol. The number of hydrogen-bond donors (Lipinski definition) is 4. The maximum absolute atomic E-state index is 12.4. The van der Waals surface area contributed by atoms with Crippen molar-refractivity contribution in [1.29, 1.82) is 0 Å². The maximum atomic E-state index is 12.4. The van der Waals surface area contributed by atoms with Crippen LogP contribution in [0.15, 0.2) is 12.7 Å². The van der Waals surface area contributed by atoms with E-state index in [9.17, 15) is 29.7 Å². The molecule has 0 spiro atoms. The maximum Gasteiger partial charge on any atom is 0.206 e. The van der Waals surface area contributed by atoms with E-state index in [4.69, 9.17) is 10.5 Å². The molecule has 3 heterocycles. The van der Waals surface area contributed by atoms with Gasteiger partial charge >= 0.3 is 0 Å². The number of nitrogens with zero attached hydrogens (tertiary/aromatic N) is 4. The molecular formula is C16H19N5O7. The molecule has 0 bridgehead atoms. The minimum atomic E-state index is -2.91. The van der Waals surface area contributed by atoms with E-state index < -0.39 is 47.0 Å². The van der Waals surface area contributed by atoms with Gasteiger partial charge in [-0.2, -0.15) is 0 Å². The zero-order valence-corrected chi connectivity index (χ0v) is 15.2. The SMILES string of the molecule is CC(=O)C(O)[C@H]1O[C@@H](n2cnc3c(N)ncnc32)[C@@](O)(C(C)=O)[C@@]1(O)C(C)=O. The molecule has 12 heteroatoms. The van der Waals surface area contributed by atoms with E-state index in [0.29, 0.717) is 0 Å². The highest BCUT2D eigenvalue weighted by atomic mass is 16.6. The number of carbonyl (C=O) groups is 3. The van der Waals surface area contributed by atoms with Crippen LogP contribution in [0, 0.1) is 0 Å². The minimum Gasteiger partial charge on any atom is -0.382 e. The molecule has 0 amide bonds. The highest BCUT2D eigenvalue weighted by Crippen LogP contribution is 2.48. The van der Waals surface area contributed by atoms with Crippen molar-refractivity contribution in [1.82, 2.24) is 19.5 Å². The van der Waals surface area contributed by atoms with Crippen molar-refractivity contribution in [2.75, 3.05) is 5.73 Å². The van der Waals surface area contributed by atoms with Crippen molar-refractivity contribution in [2.45, 2.75) is 50.4 Å². The van der Waals surface area contributed by atoms with Gasteiger partial charge in [-0.1, -0.05) is 0 Å². The number of nitrogens with two attached hydrogens (primary N) is 1. The number of ether oxygens (including phenoxy) is 1. The summed E-state index contributed by atoms with van der Waals surface area (Å²) < 4.78 is 6.62. The Bertz CT molecular complexity index is 991. The van der Waals surface area contributed by atoms with Crippen LogP contribution in [0.1, 0.15) is 27.0 Å². The second-order valence-corrected chi connectivity index (χ2v) is 6.69. The summed E-state index contributed by atoms with van der Waals surface area (Å²) >= 11 is 0. The summed E-state index contributed by atoms with van der Waals surface area (Å²) in [6.07, 6.45) is -3.41. The lowest BCUT2D eigenvalue weighted by atomic mass is 9.73. The number of hydrogen-bond acceptors (Lipinski definition) is 11. The Morgan fingerprint density at radius 2 is 1.75 bits per heavy atom. The topological polar surface area (TPSA) is 191 Å². The van der Waals surface area contributed by atoms with Crippen molar-refractivity contribution in [3.05, 3.63) is 12.7 Å². The van der Waals surface area contributed by atoms with Gasteiger partial charge in [0.05, 0.1) is 6.33 Å². The van der Waals surface area contributed by atoms with Crippen LogP contribution in [0.3, 0.4) is 0 Å². The van der Waals surface area contributed by atoms with Crippen molar-refractivity contribution in [2.24, 2.45) is 0 Å². The summed E-state index contributed by atoms with van der Waals surface area (Å²) in [6, 6.07) is 0. The van der Waals surface area contributed by atoms with Gasteiger partial charge in [0.2, 0.25) is 5.60 Å². The van der Waals surface area contributed by atoms with E-state index in [1.807, 2.05) is 0 Å². The molecule has 0 radical (unpaired) electrons. The standard InChI is InChI=1S/C16H19N5O7/c1-6(22)10(25)11-15(26,7(2)23)16(27,8(3)24)14(28-11)21-5-20-9-12(17)18-4-19-13(9)21/h4-5,10-11,14,25-27H,1-3H3,(H2,17,18,19)/t10?,11-,14-,15-,16+/m1/s1. The number of aliphatic hydroxyl groups is 3. The lowest BCUT2D eigenvalue weighted by Gasteiger charge is -2.37. The summed E-state index contributed by atoms with van der Waals surface area (Å²) in [6.45, 7) is 2.86. The summed E-state index contributed by atoms with van der Waals surface area (Å²) in [5.74, 6) is -2.93. The fourth-order valence-corrected chi connectivity index (χ4v) is 3.48. The normalized spacial score (nSPS) is 31.1. The number of rotatable bonds is 5. The van der Waals surface area contributed by atoms with Crippen LogP contribution in [0.5, 0.6) is 0 Å². The molecule has 12 nitrogen and oxygen atoms in total. The van der Waals surface area contributed by atoms with E-state index in [2.05, 4.69) is 15.0 Å². The third-order valence-corrected chi connectivity index (χ3v) is 5.04. The first kappa shape index (κ1) is 19.9. The molecule has 1 fully saturated rings. The monoisotopic (exact) mass is 393 g/mol. The van der Waals surface area contributed by atoms with Gasteiger partial charge in [0.15, 0.2) is 40.6 Å². The summed E-state index contributed by atoms with van der Waals surface area (Å²) in [4.78, 5) is 48.2. The van der Waals surface area contributed by atoms with Gasteiger partial charge in [-0.05, 0) is 20.8 Å². The molecule has 0 aromatic carbocycles. The first-order valence-corrected chi connectivity index (χ1v) is 8.21. The number of aliphatic hydroxyl groups excluding tert-OH is 1. The van der Waals surface area contributed by atoms with E-state index >= 15 is 0 Å². The molecule has 1 aliphatic heterocycles. The van der Waals surface area contributed by atoms with Gasteiger partial charge in [-0.3, -0.25) is 19.0 Å². The Morgan fingerprint density at radius 1 is 1.14 bits per heavy atom. The number of carbonyl (C=O) groups excluding carboxylic acids is 3. The van der Waals surface area contributed by atoms with Gasteiger partial charge in [0.25, 0.3) is 0 Å². The number of fused-ring (bicyclic) bond motifs is 1. The summed E-state index contributed by atoms with van der Waals surface area (Å²) in [7, 11) is 0. The largest absolute Gasteiger partial charge is 0.382 e. The number of anilines is 1. The Morgan fingerprint density at radius 3 is 2.29 bits per heavy atom. The third kappa shape index (κ3) is 2.39. The van der Waals surface area contributed by atoms with Crippen molar-refractivity contribution < 1.29 is 34.4 Å². The molecule has 2 aromatic rings. The molecule has 5 N–H and O–H groups in total. The second kappa shape index (κ2) is 6.38. The predicted octanol–water partition coefficient (Wildman–Crippen LogP) is -2.10. The smallest absolute Gasteiger partial charge is 0.206 e. The molecule has 150 valence electrons. The van der Waals surface area contributed by atoms with Crippen LogP contribution in [0.4, 0.5) is 5.82 Å². The molecule has 5 atom stereocenters. The van der Waals surface area contributed by atoms with Gasteiger partial charge < -0.3 is 25.8 Å². The fourth-order valence-electron chi connectivity index (χ4n) is 3.48. The highest BCUT2D eigenvalue weighted by Gasteiger charge is 2.73. The zero-order valence-electron chi connectivity index (χ0n) is 15.2. The van der Waals surface area contributed by atoms with E-state index in [1.54, 1.807) is 0 Å². The first-order chi connectivity index (χ1) is 13.0. The Balaban J connectivity index is 2.28. The van der Waals surface area contributed by atoms with E-state index in [0.717, 1.165) is 38.0 Å². The highest BCUT2D eigenvalue weighted by molar-refractivity contribution is 6.00. The van der Waals surface area contributed by atoms with Gasteiger partial charge in [0, 0.05) is 0 Å². The molecule has 3 rings (SSSR count). The Kier molecular flexibility index (Phi) is 4.54. The molecule has 28 heavy (non-hydrogen) atoms. The molecule has 1 aliphatic rings. The van der Waals surface area contributed by atoms with Crippen LogP contribution >= 0.6 is 0 Å². The summed E-state index contributed by atoms with van der Waals surface area (Å²) in [5, 5.41) is 32.5. The molecule has 1 saturated heterocycles. The van der Waals surface area contributed by atoms with Crippen molar-refractivity contribution in [3.63, 3.8) is 0 Å². The first-order valence-electron chi connectivity index (χ1n) is 8.21. The Labute approximate surface area is 158 Å². The van der Waals surface area contributed by atoms with Crippen LogP contribution in [-0.2, 0) is 19.1 Å². The van der Waals surface area contributed by atoms with Crippen LogP contribution in [0.2, 0.25) is 0 Å². The van der Waals surface area contributed by atoms with Gasteiger partial charge in [0.1, 0.15) is 24.1 Å². The van der Waals surface area contributed by atoms with Crippen LogP contribution < -0.4 is 5.73 Å². The minimum absolute atomic E-state index is 0.00950. The average Bonchev–Trinajstić information content (AvgIpc) is 3.14. The molecule has 1 unspecified atom stereocenters. The quantitative estimate of drug-likeness (QED) is 0.435. The number of imidazole rings is 1. The van der Waals surface area contributed by atoms with E-state index in [1.165, 1.54) is 0 Å².